The SMILES string of the molecule is CNC(c1ccc2c(c1)CCC(=O)N2)C1CCS(=O)(=O)C1. The molecular formula is C15H20N2O3S. The number of fused-ring (bicyclic) bond motifs is 1. The molecule has 0 saturated carbocycles. The molecule has 1 aromatic rings. The second-order valence-corrected chi connectivity index (χ2v) is 8.12. The highest BCUT2D eigenvalue weighted by Crippen LogP contribution is 2.33. The molecule has 2 aliphatic rings. The largest absolute Gasteiger partial charge is 0.326 e. The Morgan fingerprint density at radius 2 is 2.14 bits per heavy atom. The van der Waals surface area contributed by atoms with E-state index in [0.29, 0.717) is 12.8 Å². The van der Waals surface area contributed by atoms with Crippen LogP contribution in [0.3, 0.4) is 0 Å². The van der Waals surface area contributed by atoms with Gasteiger partial charge < -0.3 is 10.6 Å². The third kappa shape index (κ3) is 2.96. The summed E-state index contributed by atoms with van der Waals surface area (Å²) in [6.07, 6.45) is 1.97. The monoisotopic (exact) mass is 308 g/mol. The molecule has 2 unspecified atom stereocenters. The van der Waals surface area contributed by atoms with Crippen molar-refractivity contribution in [3.05, 3.63) is 29.3 Å². The number of hydrogen-bond donors (Lipinski definition) is 2. The fourth-order valence-electron chi connectivity index (χ4n) is 3.36. The number of hydrogen-bond acceptors (Lipinski definition) is 4. The number of anilines is 1. The number of benzene rings is 1. The number of rotatable bonds is 3. The zero-order valence-corrected chi connectivity index (χ0v) is 12.9. The Morgan fingerprint density at radius 3 is 2.81 bits per heavy atom. The van der Waals surface area contributed by atoms with Gasteiger partial charge in [-0.25, -0.2) is 8.42 Å². The summed E-state index contributed by atoms with van der Waals surface area (Å²) in [6.45, 7) is 0. The minimum atomic E-state index is -2.88. The molecule has 1 aromatic carbocycles. The van der Waals surface area contributed by atoms with Gasteiger partial charge in [0.15, 0.2) is 9.84 Å². The Kier molecular flexibility index (Phi) is 3.75. The lowest BCUT2D eigenvalue weighted by atomic mass is 9.90. The van der Waals surface area contributed by atoms with Crippen molar-refractivity contribution in [1.82, 2.24) is 5.32 Å². The fraction of sp³-hybridized carbons (Fsp3) is 0.533. The standard InChI is InChI=1S/C15H20N2O3S/c1-16-15(12-6-7-21(19,20)9-12)11-2-4-13-10(8-11)3-5-14(18)17-13/h2,4,8,12,15-16H,3,5-7,9H2,1H3,(H,17,18). The third-order valence-electron chi connectivity index (χ3n) is 4.43. The van der Waals surface area contributed by atoms with E-state index in [4.69, 9.17) is 0 Å². The molecule has 2 N–H and O–H groups in total. The molecule has 3 rings (SSSR count). The van der Waals surface area contributed by atoms with Gasteiger partial charge in [-0.3, -0.25) is 4.79 Å². The number of nitrogens with one attached hydrogen (secondary N) is 2. The predicted octanol–water partition coefficient (Wildman–Crippen LogP) is 1.27. The Hall–Kier alpha value is -1.40. The molecule has 114 valence electrons. The van der Waals surface area contributed by atoms with Crippen LogP contribution in [0.2, 0.25) is 0 Å². The van der Waals surface area contributed by atoms with Crippen LogP contribution in [0.5, 0.6) is 0 Å². The number of aryl methyl sites for hydroxylation is 1. The number of amides is 1. The summed E-state index contributed by atoms with van der Waals surface area (Å²) in [5.41, 5.74) is 3.12. The number of carbonyl (C=O) groups excluding carboxylic acids is 1. The zero-order chi connectivity index (χ0) is 15.0. The van der Waals surface area contributed by atoms with Crippen LogP contribution in [0.25, 0.3) is 0 Å². The Bertz CT molecular complexity index is 669. The van der Waals surface area contributed by atoms with Crippen molar-refractivity contribution in [3.8, 4) is 0 Å². The average molecular weight is 308 g/mol. The van der Waals surface area contributed by atoms with Crippen molar-refractivity contribution in [2.45, 2.75) is 25.3 Å². The van der Waals surface area contributed by atoms with Gasteiger partial charge in [0.05, 0.1) is 11.5 Å². The summed E-state index contributed by atoms with van der Waals surface area (Å²) in [5, 5.41) is 6.13. The van der Waals surface area contributed by atoms with Gasteiger partial charge in [-0.2, -0.15) is 0 Å². The van der Waals surface area contributed by atoms with Crippen LogP contribution in [0, 0.1) is 5.92 Å². The molecule has 0 radical (unpaired) electrons. The van der Waals surface area contributed by atoms with E-state index in [2.05, 4.69) is 16.7 Å². The van der Waals surface area contributed by atoms with Gasteiger partial charge in [0.1, 0.15) is 0 Å². The first-order valence-electron chi connectivity index (χ1n) is 7.29. The first-order valence-corrected chi connectivity index (χ1v) is 9.11. The third-order valence-corrected chi connectivity index (χ3v) is 6.23. The molecule has 2 aliphatic heterocycles. The van der Waals surface area contributed by atoms with E-state index < -0.39 is 9.84 Å². The predicted molar refractivity (Wildman–Crippen MR) is 82.0 cm³/mol. The molecule has 0 bridgehead atoms. The average Bonchev–Trinajstić information content (AvgIpc) is 2.80. The van der Waals surface area contributed by atoms with Crippen LogP contribution in [0.1, 0.15) is 30.0 Å². The van der Waals surface area contributed by atoms with E-state index >= 15 is 0 Å². The van der Waals surface area contributed by atoms with E-state index in [1.807, 2.05) is 19.2 Å². The van der Waals surface area contributed by atoms with Crippen LogP contribution >= 0.6 is 0 Å². The van der Waals surface area contributed by atoms with Gasteiger partial charge in [0.2, 0.25) is 5.91 Å². The molecule has 5 nitrogen and oxygen atoms in total. The normalized spacial score (nSPS) is 25.2. The molecule has 2 heterocycles. The highest BCUT2D eigenvalue weighted by Gasteiger charge is 2.34. The summed E-state index contributed by atoms with van der Waals surface area (Å²) >= 11 is 0. The Morgan fingerprint density at radius 1 is 1.33 bits per heavy atom. The summed E-state index contributed by atoms with van der Waals surface area (Å²) in [5.74, 6) is 0.724. The zero-order valence-electron chi connectivity index (χ0n) is 12.1. The van der Waals surface area contributed by atoms with Crippen LogP contribution < -0.4 is 10.6 Å². The van der Waals surface area contributed by atoms with Gasteiger partial charge in [0.25, 0.3) is 0 Å². The second-order valence-electron chi connectivity index (χ2n) is 5.89. The van der Waals surface area contributed by atoms with E-state index in [1.54, 1.807) is 0 Å². The van der Waals surface area contributed by atoms with Gasteiger partial charge in [-0.1, -0.05) is 12.1 Å². The molecule has 2 atom stereocenters. The van der Waals surface area contributed by atoms with Crippen molar-refractivity contribution >= 4 is 21.4 Å². The molecule has 0 spiro atoms. The van der Waals surface area contributed by atoms with E-state index in [0.717, 1.165) is 23.2 Å². The molecule has 1 fully saturated rings. The highest BCUT2D eigenvalue weighted by atomic mass is 32.2. The van der Waals surface area contributed by atoms with E-state index in [9.17, 15) is 13.2 Å². The van der Waals surface area contributed by atoms with E-state index in [1.165, 1.54) is 0 Å². The van der Waals surface area contributed by atoms with Gasteiger partial charge in [-0.15, -0.1) is 0 Å². The van der Waals surface area contributed by atoms with E-state index in [-0.39, 0.29) is 29.4 Å². The summed E-state index contributed by atoms with van der Waals surface area (Å²) in [6, 6.07) is 6.05. The van der Waals surface area contributed by atoms with Crippen molar-refractivity contribution < 1.29 is 13.2 Å². The minimum absolute atomic E-state index is 0.0465. The quantitative estimate of drug-likeness (QED) is 0.882. The van der Waals surface area contributed by atoms with Crippen LogP contribution in [0.4, 0.5) is 5.69 Å². The van der Waals surface area contributed by atoms with Gasteiger partial charge >= 0.3 is 0 Å². The van der Waals surface area contributed by atoms with Crippen LogP contribution in [-0.4, -0.2) is 32.9 Å². The summed E-state index contributed by atoms with van der Waals surface area (Å²) < 4.78 is 23.4. The van der Waals surface area contributed by atoms with Gasteiger partial charge in [-0.05, 0) is 43.0 Å². The lowest BCUT2D eigenvalue weighted by Crippen LogP contribution is -2.27. The number of carbonyl (C=O) groups is 1. The molecule has 0 aliphatic carbocycles. The maximum absolute atomic E-state index is 11.7. The highest BCUT2D eigenvalue weighted by molar-refractivity contribution is 7.91. The summed E-state index contributed by atoms with van der Waals surface area (Å²) in [4.78, 5) is 11.4. The van der Waals surface area contributed by atoms with Crippen molar-refractivity contribution in [3.63, 3.8) is 0 Å². The Balaban J connectivity index is 1.86. The molecule has 1 amide bonds. The lowest BCUT2D eigenvalue weighted by molar-refractivity contribution is -0.116. The first-order chi connectivity index (χ1) is 9.98. The van der Waals surface area contributed by atoms with Crippen LogP contribution in [0.15, 0.2) is 18.2 Å². The first kappa shape index (κ1) is 14.5. The second kappa shape index (κ2) is 5.42. The minimum Gasteiger partial charge on any atom is -0.326 e. The molecule has 21 heavy (non-hydrogen) atoms. The van der Waals surface area contributed by atoms with Gasteiger partial charge in [0, 0.05) is 18.2 Å². The fourth-order valence-corrected chi connectivity index (χ4v) is 5.20. The molecule has 1 saturated heterocycles. The molecule has 0 aromatic heterocycles. The topological polar surface area (TPSA) is 75.3 Å². The summed E-state index contributed by atoms with van der Waals surface area (Å²) in [7, 11) is -1.01. The lowest BCUT2D eigenvalue weighted by Gasteiger charge is -2.25. The Labute approximate surface area is 125 Å². The smallest absolute Gasteiger partial charge is 0.224 e. The van der Waals surface area contributed by atoms with Crippen LogP contribution in [-0.2, 0) is 21.1 Å². The number of sulfone groups is 1. The van der Waals surface area contributed by atoms with Crippen molar-refractivity contribution in [2.24, 2.45) is 5.92 Å². The van der Waals surface area contributed by atoms with Crippen molar-refractivity contribution in [1.29, 1.82) is 0 Å². The molecular weight excluding hydrogens is 288 g/mol. The van der Waals surface area contributed by atoms with Crippen molar-refractivity contribution in [2.75, 3.05) is 23.9 Å². The maximum atomic E-state index is 11.7. The maximum Gasteiger partial charge on any atom is 0.224 e. The molecule has 6 heteroatoms.